The maximum atomic E-state index is 13.5. The van der Waals surface area contributed by atoms with Crippen LogP contribution in [0.15, 0.2) is 90.6 Å². The summed E-state index contributed by atoms with van der Waals surface area (Å²) in [7, 11) is 3.34. The average Bonchev–Trinajstić information content (AvgIpc) is 3.04. The van der Waals surface area contributed by atoms with Crippen molar-refractivity contribution in [2.45, 2.75) is 0 Å². The van der Waals surface area contributed by atoms with Crippen LogP contribution >= 0.6 is 0 Å². The van der Waals surface area contributed by atoms with Crippen molar-refractivity contribution < 1.29 is 14.3 Å². The first-order valence-corrected chi connectivity index (χ1v) is 9.23. The molecule has 0 atom stereocenters. The number of rotatable bonds is 5. The lowest BCUT2D eigenvalue weighted by molar-refractivity contribution is -0.120. The summed E-state index contributed by atoms with van der Waals surface area (Å²) in [6, 6.07) is 25.7. The Labute approximate surface area is 169 Å². The number of hydrogen-bond donors (Lipinski definition) is 0. The van der Waals surface area contributed by atoms with Crippen molar-refractivity contribution in [2.24, 2.45) is 0 Å². The topological polar surface area (TPSA) is 49.9 Å². The first-order chi connectivity index (χ1) is 14.1. The summed E-state index contributed by atoms with van der Waals surface area (Å²) >= 11 is 0. The monoisotopic (exact) mass is 384 g/mol. The van der Waals surface area contributed by atoms with Gasteiger partial charge in [-0.05, 0) is 30.3 Å². The van der Waals surface area contributed by atoms with Crippen LogP contribution in [0.5, 0.6) is 5.75 Å². The molecule has 1 aliphatic heterocycles. The van der Waals surface area contributed by atoms with Gasteiger partial charge >= 0.3 is 0 Å². The van der Waals surface area contributed by atoms with Gasteiger partial charge in [-0.25, -0.2) is 4.90 Å². The van der Waals surface area contributed by atoms with E-state index in [1.165, 1.54) is 4.90 Å². The molecule has 0 aliphatic carbocycles. The Morgan fingerprint density at radius 2 is 1.34 bits per heavy atom. The van der Waals surface area contributed by atoms with Crippen LogP contribution in [0, 0.1) is 0 Å². The zero-order chi connectivity index (χ0) is 20.4. The molecule has 0 spiro atoms. The predicted molar refractivity (Wildman–Crippen MR) is 114 cm³/mol. The molecule has 2 amide bonds. The van der Waals surface area contributed by atoms with Crippen LogP contribution in [0.25, 0.3) is 5.57 Å². The standard InChI is InChI=1S/C24H20N2O3/c1-25(17-11-5-3-6-12-17)22-21(19-15-9-10-16-20(19)29-2)23(27)26(24(22)28)18-13-7-4-8-14-18/h3-16H,1-2H3. The van der Waals surface area contributed by atoms with Crippen molar-refractivity contribution >= 4 is 28.8 Å². The second-order valence-corrected chi connectivity index (χ2v) is 6.60. The van der Waals surface area contributed by atoms with E-state index in [4.69, 9.17) is 4.74 Å². The Kier molecular flexibility index (Phi) is 4.87. The van der Waals surface area contributed by atoms with Gasteiger partial charge in [-0.2, -0.15) is 0 Å². The van der Waals surface area contributed by atoms with E-state index in [1.54, 1.807) is 55.5 Å². The number of anilines is 2. The van der Waals surface area contributed by atoms with Gasteiger partial charge in [0.15, 0.2) is 0 Å². The third-order valence-electron chi connectivity index (χ3n) is 4.93. The Morgan fingerprint density at radius 1 is 0.759 bits per heavy atom. The molecule has 5 nitrogen and oxygen atoms in total. The Balaban J connectivity index is 1.92. The Bertz CT molecular complexity index is 1090. The van der Waals surface area contributed by atoms with Gasteiger partial charge in [0.2, 0.25) is 0 Å². The molecule has 5 heteroatoms. The average molecular weight is 384 g/mol. The van der Waals surface area contributed by atoms with Crippen molar-refractivity contribution in [3.05, 3.63) is 96.2 Å². The first-order valence-electron chi connectivity index (χ1n) is 9.23. The van der Waals surface area contributed by atoms with E-state index in [9.17, 15) is 9.59 Å². The molecule has 0 aromatic heterocycles. The summed E-state index contributed by atoms with van der Waals surface area (Å²) in [5.41, 5.74) is 2.57. The lowest BCUT2D eigenvalue weighted by Crippen LogP contribution is -2.34. The number of hydrogen-bond acceptors (Lipinski definition) is 4. The summed E-state index contributed by atoms with van der Waals surface area (Å²) in [6.45, 7) is 0. The summed E-state index contributed by atoms with van der Waals surface area (Å²) in [5.74, 6) is -0.200. The maximum Gasteiger partial charge on any atom is 0.282 e. The van der Waals surface area contributed by atoms with E-state index < -0.39 is 0 Å². The molecule has 29 heavy (non-hydrogen) atoms. The minimum absolute atomic E-state index is 0.314. The predicted octanol–water partition coefficient (Wildman–Crippen LogP) is 4.12. The highest BCUT2D eigenvalue weighted by Crippen LogP contribution is 2.38. The highest BCUT2D eigenvalue weighted by atomic mass is 16.5. The quantitative estimate of drug-likeness (QED) is 0.621. The normalized spacial score (nSPS) is 13.8. The SMILES string of the molecule is COc1ccccc1C1=C(N(C)c2ccccc2)C(=O)N(c2ccccc2)C1=O. The van der Waals surface area contributed by atoms with E-state index in [1.807, 2.05) is 48.5 Å². The molecule has 0 saturated carbocycles. The molecule has 0 saturated heterocycles. The van der Waals surface area contributed by atoms with Gasteiger partial charge in [0.05, 0.1) is 18.4 Å². The van der Waals surface area contributed by atoms with Gasteiger partial charge in [-0.3, -0.25) is 9.59 Å². The van der Waals surface area contributed by atoms with E-state index >= 15 is 0 Å². The second kappa shape index (κ2) is 7.64. The van der Waals surface area contributed by atoms with Crippen LogP contribution in [0.2, 0.25) is 0 Å². The first kappa shape index (κ1) is 18.5. The second-order valence-electron chi connectivity index (χ2n) is 6.60. The number of carbonyl (C=O) groups excluding carboxylic acids is 2. The van der Waals surface area contributed by atoms with Crippen LogP contribution < -0.4 is 14.5 Å². The fraction of sp³-hybridized carbons (Fsp3) is 0.0833. The fourth-order valence-corrected chi connectivity index (χ4v) is 3.52. The summed E-state index contributed by atoms with van der Waals surface area (Å²) in [5, 5.41) is 0. The van der Waals surface area contributed by atoms with Crippen molar-refractivity contribution in [3.63, 3.8) is 0 Å². The summed E-state index contributed by atoms with van der Waals surface area (Å²) in [6.07, 6.45) is 0. The molecular weight excluding hydrogens is 364 g/mol. The van der Waals surface area contributed by atoms with E-state index in [-0.39, 0.29) is 11.8 Å². The smallest absolute Gasteiger partial charge is 0.282 e. The van der Waals surface area contributed by atoms with Gasteiger partial charge in [0.25, 0.3) is 11.8 Å². The largest absolute Gasteiger partial charge is 0.496 e. The molecule has 4 rings (SSSR count). The van der Waals surface area contributed by atoms with Crippen LogP contribution in [0.4, 0.5) is 11.4 Å². The number of carbonyl (C=O) groups is 2. The van der Waals surface area contributed by atoms with Crippen LogP contribution in [0.3, 0.4) is 0 Å². The molecule has 0 unspecified atom stereocenters. The van der Waals surface area contributed by atoms with Crippen molar-refractivity contribution in [3.8, 4) is 5.75 Å². The van der Waals surface area contributed by atoms with Crippen LogP contribution in [-0.4, -0.2) is 26.0 Å². The van der Waals surface area contributed by atoms with E-state index in [2.05, 4.69) is 0 Å². The third-order valence-corrected chi connectivity index (χ3v) is 4.93. The molecule has 3 aromatic carbocycles. The molecular formula is C24H20N2O3. The molecule has 0 bridgehead atoms. The molecule has 1 aliphatic rings. The van der Waals surface area contributed by atoms with Gasteiger partial charge in [-0.15, -0.1) is 0 Å². The number of methoxy groups -OCH3 is 1. The number of likely N-dealkylation sites (N-methyl/N-ethyl adjacent to an activating group) is 1. The van der Waals surface area contributed by atoms with Crippen molar-refractivity contribution in [1.82, 2.24) is 0 Å². The maximum absolute atomic E-state index is 13.5. The number of imide groups is 1. The number of para-hydroxylation sites is 3. The number of amides is 2. The molecule has 0 N–H and O–H groups in total. The van der Waals surface area contributed by atoms with E-state index in [0.717, 1.165) is 5.69 Å². The number of ether oxygens (including phenoxy) is 1. The summed E-state index contributed by atoms with van der Waals surface area (Å²) < 4.78 is 5.48. The van der Waals surface area contributed by atoms with Gasteiger partial charge in [-0.1, -0.05) is 54.6 Å². The minimum Gasteiger partial charge on any atom is -0.496 e. The zero-order valence-electron chi connectivity index (χ0n) is 16.2. The number of benzene rings is 3. The van der Waals surface area contributed by atoms with Crippen molar-refractivity contribution in [1.29, 1.82) is 0 Å². The fourth-order valence-electron chi connectivity index (χ4n) is 3.52. The third kappa shape index (κ3) is 3.17. The highest BCUT2D eigenvalue weighted by Gasteiger charge is 2.42. The minimum atomic E-state index is -0.372. The Hall–Kier alpha value is -3.86. The van der Waals surface area contributed by atoms with E-state index in [0.29, 0.717) is 28.3 Å². The Morgan fingerprint density at radius 3 is 2.00 bits per heavy atom. The van der Waals surface area contributed by atoms with Crippen LogP contribution in [-0.2, 0) is 9.59 Å². The van der Waals surface area contributed by atoms with Gasteiger partial charge in [0.1, 0.15) is 11.4 Å². The zero-order valence-corrected chi connectivity index (χ0v) is 16.2. The van der Waals surface area contributed by atoms with Crippen LogP contribution in [0.1, 0.15) is 5.56 Å². The molecule has 0 fully saturated rings. The molecule has 1 heterocycles. The lowest BCUT2D eigenvalue weighted by atomic mass is 10.0. The highest BCUT2D eigenvalue weighted by molar-refractivity contribution is 6.46. The van der Waals surface area contributed by atoms with Crippen molar-refractivity contribution in [2.75, 3.05) is 24.0 Å². The molecule has 3 aromatic rings. The van der Waals surface area contributed by atoms with Gasteiger partial charge < -0.3 is 9.64 Å². The molecule has 0 radical (unpaired) electrons. The van der Waals surface area contributed by atoms with Gasteiger partial charge in [0, 0.05) is 18.3 Å². The molecule has 144 valence electrons. The number of nitrogens with zero attached hydrogens (tertiary/aromatic N) is 2. The lowest BCUT2D eigenvalue weighted by Gasteiger charge is -2.21. The summed E-state index contributed by atoms with van der Waals surface area (Å²) in [4.78, 5) is 29.9.